The third-order valence-electron chi connectivity index (χ3n) is 2.49. The van der Waals surface area contributed by atoms with Gasteiger partial charge < -0.3 is 9.84 Å². The molecule has 4 nitrogen and oxygen atoms in total. The average Bonchev–Trinajstić information content (AvgIpc) is 2.80. The molecule has 0 radical (unpaired) electrons. The molecule has 0 unspecified atom stereocenters. The van der Waals surface area contributed by atoms with E-state index in [2.05, 4.69) is 36.2 Å². The number of aromatic nitrogens is 2. The molecular weight excluding hydrogens is 190 g/mol. The van der Waals surface area contributed by atoms with Crippen molar-refractivity contribution >= 4 is 0 Å². The van der Waals surface area contributed by atoms with Gasteiger partial charge in [-0.15, -0.1) is 0 Å². The van der Waals surface area contributed by atoms with Crippen molar-refractivity contribution in [3.05, 3.63) is 11.7 Å². The van der Waals surface area contributed by atoms with E-state index in [-0.39, 0.29) is 5.41 Å². The Morgan fingerprint density at radius 1 is 1.40 bits per heavy atom. The zero-order valence-electron chi connectivity index (χ0n) is 9.71. The van der Waals surface area contributed by atoms with E-state index in [4.69, 9.17) is 4.52 Å². The molecule has 0 spiro atoms. The summed E-state index contributed by atoms with van der Waals surface area (Å²) in [6.45, 7) is 7.20. The van der Waals surface area contributed by atoms with Crippen LogP contribution >= 0.6 is 0 Å². The summed E-state index contributed by atoms with van der Waals surface area (Å²) in [5.41, 5.74) is -0.0222. The van der Waals surface area contributed by atoms with Gasteiger partial charge in [-0.05, 0) is 12.8 Å². The van der Waals surface area contributed by atoms with E-state index in [9.17, 15) is 0 Å². The normalized spacial score (nSPS) is 17.0. The molecule has 0 bridgehead atoms. The minimum Gasteiger partial charge on any atom is -0.339 e. The first-order valence-electron chi connectivity index (χ1n) is 5.62. The maximum Gasteiger partial charge on any atom is 0.227 e. The molecule has 0 aliphatic heterocycles. The highest BCUT2D eigenvalue weighted by Gasteiger charge is 2.22. The van der Waals surface area contributed by atoms with Crippen molar-refractivity contribution in [1.82, 2.24) is 15.5 Å². The maximum absolute atomic E-state index is 5.19. The molecule has 1 aliphatic carbocycles. The fraction of sp³-hybridized carbons (Fsp3) is 0.818. The van der Waals surface area contributed by atoms with Crippen LogP contribution in [-0.4, -0.2) is 22.7 Å². The van der Waals surface area contributed by atoms with E-state index >= 15 is 0 Å². The molecule has 84 valence electrons. The predicted octanol–water partition coefficient (Wildman–Crippen LogP) is 1.66. The Kier molecular flexibility index (Phi) is 2.78. The molecule has 1 heterocycles. The second kappa shape index (κ2) is 3.93. The Bertz CT molecular complexity index is 323. The molecule has 0 aromatic carbocycles. The number of nitrogens with zero attached hydrogens (tertiary/aromatic N) is 2. The Morgan fingerprint density at radius 2 is 2.13 bits per heavy atom. The van der Waals surface area contributed by atoms with Crippen molar-refractivity contribution in [1.29, 1.82) is 0 Å². The summed E-state index contributed by atoms with van der Waals surface area (Å²) in [4.78, 5) is 4.38. The van der Waals surface area contributed by atoms with Gasteiger partial charge in [0.25, 0.3) is 0 Å². The first-order valence-corrected chi connectivity index (χ1v) is 5.62. The van der Waals surface area contributed by atoms with Crippen LogP contribution in [0.3, 0.4) is 0 Å². The van der Waals surface area contributed by atoms with E-state index in [1.54, 1.807) is 0 Å². The first kappa shape index (κ1) is 10.6. The summed E-state index contributed by atoms with van der Waals surface area (Å²) in [6, 6.07) is 0.745. The molecule has 1 fully saturated rings. The molecule has 1 N–H and O–H groups in total. The number of hydrogen-bond donors (Lipinski definition) is 1. The van der Waals surface area contributed by atoms with Crippen molar-refractivity contribution in [2.45, 2.75) is 51.5 Å². The topological polar surface area (TPSA) is 51.0 Å². The van der Waals surface area contributed by atoms with Crippen molar-refractivity contribution in [2.75, 3.05) is 6.54 Å². The minimum absolute atomic E-state index is 0.0222. The van der Waals surface area contributed by atoms with Gasteiger partial charge in [0.2, 0.25) is 5.89 Å². The number of nitrogens with one attached hydrogen (secondary N) is 1. The molecule has 1 aromatic heterocycles. The molecule has 1 saturated carbocycles. The smallest absolute Gasteiger partial charge is 0.227 e. The first-order chi connectivity index (χ1) is 7.05. The van der Waals surface area contributed by atoms with E-state index in [1.165, 1.54) is 12.8 Å². The second-order valence-corrected chi connectivity index (χ2v) is 5.24. The van der Waals surface area contributed by atoms with Crippen molar-refractivity contribution in [2.24, 2.45) is 0 Å². The Morgan fingerprint density at radius 3 is 2.67 bits per heavy atom. The van der Waals surface area contributed by atoms with Crippen LogP contribution in [0.4, 0.5) is 0 Å². The fourth-order valence-electron chi connectivity index (χ4n) is 1.33. The van der Waals surface area contributed by atoms with Crippen LogP contribution < -0.4 is 5.32 Å². The van der Waals surface area contributed by atoms with E-state index in [1.807, 2.05) is 0 Å². The molecule has 1 aromatic rings. The van der Waals surface area contributed by atoms with E-state index < -0.39 is 0 Å². The lowest BCUT2D eigenvalue weighted by Gasteiger charge is -2.10. The summed E-state index contributed by atoms with van der Waals surface area (Å²) in [7, 11) is 0. The highest BCUT2D eigenvalue weighted by atomic mass is 16.5. The SMILES string of the molecule is CC(C)(C)c1noc(CCNC2CC2)n1. The fourth-order valence-corrected chi connectivity index (χ4v) is 1.33. The molecule has 4 heteroatoms. The molecule has 2 rings (SSSR count). The zero-order valence-corrected chi connectivity index (χ0v) is 9.71. The van der Waals surface area contributed by atoms with Gasteiger partial charge in [0.05, 0.1) is 0 Å². The molecule has 0 amide bonds. The lowest BCUT2D eigenvalue weighted by Crippen LogP contribution is -2.19. The Balaban J connectivity index is 1.83. The summed E-state index contributed by atoms with van der Waals surface area (Å²) < 4.78 is 5.19. The van der Waals surface area contributed by atoms with E-state index in [0.29, 0.717) is 0 Å². The lowest BCUT2D eigenvalue weighted by molar-refractivity contribution is 0.361. The molecule has 0 saturated heterocycles. The van der Waals surface area contributed by atoms with Gasteiger partial charge in [-0.25, -0.2) is 0 Å². The van der Waals surface area contributed by atoms with Crippen LogP contribution in [0.1, 0.15) is 45.3 Å². The standard InChI is InChI=1S/C11H19N3O/c1-11(2,3)10-13-9(15-14-10)6-7-12-8-4-5-8/h8,12H,4-7H2,1-3H3. The maximum atomic E-state index is 5.19. The number of hydrogen-bond acceptors (Lipinski definition) is 4. The van der Waals surface area contributed by atoms with Gasteiger partial charge in [0.15, 0.2) is 5.82 Å². The quantitative estimate of drug-likeness (QED) is 0.819. The average molecular weight is 209 g/mol. The van der Waals surface area contributed by atoms with E-state index in [0.717, 1.165) is 30.7 Å². The van der Waals surface area contributed by atoms with Crippen molar-refractivity contribution < 1.29 is 4.52 Å². The lowest BCUT2D eigenvalue weighted by atomic mass is 9.96. The van der Waals surface area contributed by atoms with Gasteiger partial charge in [0.1, 0.15) is 0 Å². The third kappa shape index (κ3) is 3.02. The van der Waals surface area contributed by atoms with Gasteiger partial charge in [-0.3, -0.25) is 0 Å². The zero-order chi connectivity index (χ0) is 10.9. The molecule has 0 atom stereocenters. The number of rotatable bonds is 4. The minimum atomic E-state index is -0.0222. The molecular formula is C11H19N3O. The molecule has 15 heavy (non-hydrogen) atoms. The van der Waals surface area contributed by atoms with Gasteiger partial charge in [0, 0.05) is 24.4 Å². The van der Waals surface area contributed by atoms with Gasteiger partial charge in [-0.1, -0.05) is 25.9 Å². The predicted molar refractivity (Wildman–Crippen MR) is 57.7 cm³/mol. The summed E-state index contributed by atoms with van der Waals surface area (Å²) in [5.74, 6) is 1.54. The summed E-state index contributed by atoms with van der Waals surface area (Å²) in [5, 5.41) is 7.41. The highest BCUT2D eigenvalue weighted by molar-refractivity contribution is 5.00. The van der Waals surface area contributed by atoms with Crippen LogP contribution in [0.15, 0.2) is 4.52 Å². The van der Waals surface area contributed by atoms with Crippen LogP contribution in [-0.2, 0) is 11.8 Å². The highest BCUT2D eigenvalue weighted by Crippen LogP contribution is 2.19. The van der Waals surface area contributed by atoms with Crippen molar-refractivity contribution in [3.63, 3.8) is 0 Å². The Labute approximate surface area is 90.4 Å². The largest absolute Gasteiger partial charge is 0.339 e. The van der Waals surface area contributed by atoms with Crippen LogP contribution in [0.5, 0.6) is 0 Å². The van der Waals surface area contributed by atoms with Crippen LogP contribution in [0.25, 0.3) is 0 Å². The summed E-state index contributed by atoms with van der Waals surface area (Å²) >= 11 is 0. The Hall–Kier alpha value is -0.900. The molecule has 1 aliphatic rings. The summed E-state index contributed by atoms with van der Waals surface area (Å²) in [6.07, 6.45) is 3.47. The third-order valence-corrected chi connectivity index (χ3v) is 2.49. The van der Waals surface area contributed by atoms with Crippen LogP contribution in [0.2, 0.25) is 0 Å². The monoisotopic (exact) mass is 209 g/mol. The second-order valence-electron chi connectivity index (χ2n) is 5.24. The van der Waals surface area contributed by atoms with Gasteiger partial charge >= 0.3 is 0 Å². The van der Waals surface area contributed by atoms with Gasteiger partial charge in [-0.2, -0.15) is 4.98 Å². The van der Waals surface area contributed by atoms with Crippen molar-refractivity contribution in [3.8, 4) is 0 Å². The van der Waals surface area contributed by atoms with Crippen LogP contribution in [0, 0.1) is 0 Å².